The summed E-state index contributed by atoms with van der Waals surface area (Å²) in [5, 5.41) is 29.9. The van der Waals surface area contributed by atoms with Crippen LogP contribution in [-0.2, 0) is 71.5 Å². The number of hydrogen-bond donors (Lipinski definition) is 4. The van der Waals surface area contributed by atoms with Gasteiger partial charge in [-0.25, -0.2) is 24.2 Å². The summed E-state index contributed by atoms with van der Waals surface area (Å²) in [4.78, 5) is 148. The summed E-state index contributed by atoms with van der Waals surface area (Å²) < 4.78 is 55.4. The van der Waals surface area contributed by atoms with Crippen LogP contribution in [0.3, 0.4) is 0 Å². The van der Waals surface area contributed by atoms with Crippen LogP contribution in [0.1, 0.15) is 99.5 Å². The number of nitrogens with one attached hydrogen (secondary N) is 2. The minimum Gasteiger partial charge on any atom is -0.482 e. The van der Waals surface area contributed by atoms with Crippen LogP contribution in [0.5, 0.6) is 11.5 Å². The van der Waals surface area contributed by atoms with Crippen LogP contribution in [0, 0.1) is 16.7 Å². The second-order valence-electron chi connectivity index (χ2n) is 23.7. The van der Waals surface area contributed by atoms with Crippen molar-refractivity contribution < 1.29 is 101 Å². The number of para-hydroxylation sites is 2. The highest BCUT2D eigenvalue weighted by Crippen LogP contribution is 2.65. The van der Waals surface area contributed by atoms with Crippen molar-refractivity contribution in [2.24, 2.45) is 16.7 Å². The lowest BCUT2D eigenvalue weighted by atomic mass is 9.44. The SMILES string of the molecule is CSc1ncccc1C(=O)N[C@H](CCC(=O)O)C(=O)N[C@@H](c1ccccc1)[C@@H](OC(=O)COc1ccccc1)C(=O)O[C@H]1C[C@@]2(O)[C@@H](OC(=O)c3ccccc3)[C@@H]3[C@]4(OC(C)=O)CO[C@@H]4C[C@H](OC(=O)COc4ccccc4)[C@@]3(C)C(=O)[C@H](OC(C)=O)C(=C1C)C2(C)C. The Morgan fingerprint density at radius 3 is 1.91 bits per heavy atom. The molecule has 2 heterocycles. The average Bonchev–Trinajstić information content (AvgIpc) is 0.669. The first-order chi connectivity index (χ1) is 44.3. The molecular weight excluding hydrogens is 1230 g/mol. The standard InChI is InChI=1S/C68H71N3O21S/c1-38-47(88-64(82)56(90-52(77)36-85-44-27-18-11-19-28-44)54(41-21-12-8-13-22-41)71-61(80)46(30-31-50(74)75)70-60(79)45-29-20-32-69-62(45)93-7)34-68(83)59(91-63(81)42-23-14-9-15-24-42)57-66(6,58(78)55(87-39(2)72)53(38)65(68,4)5)48(33-49-67(57,37-86-49)92-40(3)73)89-51(76)35-84-43-25-16-10-17-26-43/h8-29,32,46-49,54-57,59,83H,30-31,33-37H2,1-7H3,(H,70,79)(H,71,80)(H,74,75)/t46-,47+,48+,49-,54+,55-,56-,57+,59+,66-,67+,68-/m1/s1. The number of aromatic nitrogens is 1. The third-order valence-corrected chi connectivity index (χ3v) is 18.3. The first kappa shape index (κ1) is 67.9. The normalized spacial score (nSPS) is 25.1. The van der Waals surface area contributed by atoms with Gasteiger partial charge in [-0.15, -0.1) is 11.8 Å². The van der Waals surface area contributed by atoms with E-state index in [2.05, 4.69) is 15.6 Å². The number of fused-ring (bicyclic) bond motifs is 5. The van der Waals surface area contributed by atoms with Gasteiger partial charge < -0.3 is 63.5 Å². The number of carbonyl (C=O) groups excluding carboxylic acids is 9. The molecule has 1 aromatic heterocycles. The van der Waals surface area contributed by atoms with E-state index in [1.54, 1.807) is 103 Å². The van der Waals surface area contributed by atoms with Crippen molar-refractivity contribution in [3.05, 3.63) is 167 Å². The highest BCUT2D eigenvalue weighted by Gasteiger charge is 2.79. The molecule has 2 saturated carbocycles. The molecule has 3 fully saturated rings. The maximum atomic E-state index is 16.6. The second-order valence-corrected chi connectivity index (χ2v) is 24.5. The Morgan fingerprint density at radius 2 is 1.34 bits per heavy atom. The van der Waals surface area contributed by atoms with Crippen molar-refractivity contribution in [2.45, 2.75) is 132 Å². The van der Waals surface area contributed by atoms with Crippen molar-refractivity contribution in [1.82, 2.24) is 15.6 Å². The number of ether oxygens (including phenoxy) is 9. The Balaban J connectivity index is 1.19. The summed E-state index contributed by atoms with van der Waals surface area (Å²) in [5.74, 6) is -12.0. The molecule has 12 atom stereocenters. The Bertz CT molecular complexity index is 3670. The van der Waals surface area contributed by atoms with Gasteiger partial charge in [0.05, 0.1) is 29.1 Å². The molecule has 25 heteroatoms. The molecule has 24 nitrogen and oxygen atoms in total. The molecule has 4 aliphatic rings. The molecule has 1 aliphatic heterocycles. The third kappa shape index (κ3) is 14.3. The van der Waals surface area contributed by atoms with Gasteiger partial charge in [-0.1, -0.05) is 98.8 Å². The maximum Gasteiger partial charge on any atom is 0.350 e. The topological polar surface area (TPSA) is 331 Å². The Kier molecular flexibility index (Phi) is 20.9. The van der Waals surface area contributed by atoms with E-state index in [0.717, 1.165) is 25.6 Å². The molecule has 1 saturated heterocycles. The predicted molar refractivity (Wildman–Crippen MR) is 328 cm³/mol. The highest BCUT2D eigenvalue weighted by molar-refractivity contribution is 7.98. The first-order valence-electron chi connectivity index (χ1n) is 29.9. The number of amides is 2. The van der Waals surface area contributed by atoms with Crippen LogP contribution in [0.25, 0.3) is 0 Å². The van der Waals surface area contributed by atoms with Crippen LogP contribution < -0.4 is 20.1 Å². The summed E-state index contributed by atoms with van der Waals surface area (Å²) in [6, 6.07) is 31.2. The molecule has 3 aliphatic carbocycles. The van der Waals surface area contributed by atoms with Crippen LogP contribution in [0.2, 0.25) is 0 Å². The number of carboxylic acids is 1. The van der Waals surface area contributed by atoms with E-state index < -0.39 is 175 Å². The molecule has 5 aromatic rings. The van der Waals surface area contributed by atoms with E-state index in [4.69, 9.17) is 42.6 Å². The number of Topliss-reactive ketones (excluding diaryl/α,β-unsaturated/α-hetero) is 1. The summed E-state index contributed by atoms with van der Waals surface area (Å²) in [5.41, 5.74) is -8.91. The molecule has 0 radical (unpaired) electrons. The largest absolute Gasteiger partial charge is 0.482 e. The molecule has 9 rings (SSSR count). The molecule has 4 aromatic carbocycles. The molecule has 93 heavy (non-hydrogen) atoms. The van der Waals surface area contributed by atoms with Gasteiger partial charge in [0, 0.05) is 44.7 Å². The highest BCUT2D eigenvalue weighted by atomic mass is 32.2. The summed E-state index contributed by atoms with van der Waals surface area (Å²) in [6.45, 7) is 5.94. The first-order valence-corrected chi connectivity index (χ1v) is 31.1. The zero-order chi connectivity index (χ0) is 67.0. The number of ketones is 1. The van der Waals surface area contributed by atoms with E-state index >= 15 is 9.59 Å². The summed E-state index contributed by atoms with van der Waals surface area (Å²) in [7, 11) is 0. The number of pyridine rings is 1. The minimum atomic E-state index is -2.67. The van der Waals surface area contributed by atoms with E-state index in [1.165, 1.54) is 70.3 Å². The van der Waals surface area contributed by atoms with Gasteiger partial charge in [0.2, 0.25) is 12.0 Å². The number of aliphatic hydroxyl groups is 1. The van der Waals surface area contributed by atoms with Gasteiger partial charge in [0.1, 0.15) is 58.6 Å². The van der Waals surface area contributed by atoms with Crippen molar-refractivity contribution in [2.75, 3.05) is 26.1 Å². The van der Waals surface area contributed by atoms with E-state index in [9.17, 15) is 48.6 Å². The molecular formula is C68H71N3O21S. The van der Waals surface area contributed by atoms with Crippen LogP contribution >= 0.6 is 11.8 Å². The monoisotopic (exact) mass is 1300 g/mol. The maximum absolute atomic E-state index is 16.6. The van der Waals surface area contributed by atoms with Gasteiger partial charge in [0.15, 0.2) is 30.7 Å². The zero-order valence-electron chi connectivity index (χ0n) is 51.9. The van der Waals surface area contributed by atoms with Gasteiger partial charge in [0.25, 0.3) is 5.91 Å². The molecule has 0 spiro atoms. The lowest BCUT2D eigenvalue weighted by Gasteiger charge is -2.67. The fourth-order valence-corrected chi connectivity index (χ4v) is 13.6. The number of nitrogens with zero attached hydrogens (tertiary/aromatic N) is 1. The number of hydrogen-bond acceptors (Lipinski definition) is 22. The molecule has 490 valence electrons. The Morgan fingerprint density at radius 1 is 0.742 bits per heavy atom. The van der Waals surface area contributed by atoms with E-state index in [0.29, 0.717) is 5.75 Å². The summed E-state index contributed by atoms with van der Waals surface area (Å²) >= 11 is 1.14. The van der Waals surface area contributed by atoms with Crippen LogP contribution in [-0.4, -0.2) is 155 Å². The molecule has 0 unspecified atom stereocenters. The third-order valence-electron chi connectivity index (χ3n) is 17.6. The summed E-state index contributed by atoms with van der Waals surface area (Å²) in [6.07, 6.45) is -10.1. The number of carbonyl (C=O) groups is 10. The number of aliphatic carboxylic acids is 1. The quantitative estimate of drug-likeness (QED) is 0.0223. The van der Waals surface area contributed by atoms with Crippen molar-refractivity contribution in [3.63, 3.8) is 0 Å². The van der Waals surface area contributed by atoms with Crippen molar-refractivity contribution in [3.8, 4) is 11.5 Å². The van der Waals surface area contributed by atoms with Crippen molar-refractivity contribution >= 4 is 71.1 Å². The minimum absolute atomic E-state index is 0.0118. The Labute approximate surface area is 539 Å². The fourth-order valence-electron chi connectivity index (χ4n) is 13.1. The van der Waals surface area contributed by atoms with Crippen molar-refractivity contribution in [1.29, 1.82) is 0 Å². The lowest BCUT2D eigenvalue weighted by molar-refractivity contribution is -0.346. The van der Waals surface area contributed by atoms with Gasteiger partial charge >= 0.3 is 41.8 Å². The fraction of sp³-hybridized carbons (Fsp3) is 0.397. The average molecular weight is 1300 g/mol. The molecule has 2 amide bonds. The van der Waals surface area contributed by atoms with Gasteiger partial charge in [-0.05, 0) is 91.8 Å². The van der Waals surface area contributed by atoms with Gasteiger partial charge in [-0.2, -0.15) is 0 Å². The van der Waals surface area contributed by atoms with E-state index in [1.807, 2.05) is 0 Å². The Hall–Kier alpha value is -9.46. The van der Waals surface area contributed by atoms with Crippen LogP contribution in [0.15, 0.2) is 156 Å². The number of benzene rings is 4. The number of thioether (sulfide) groups is 1. The zero-order valence-corrected chi connectivity index (χ0v) is 52.7. The van der Waals surface area contributed by atoms with Gasteiger partial charge in [-0.3, -0.25) is 28.8 Å². The molecule has 4 N–H and O–H groups in total. The van der Waals surface area contributed by atoms with E-state index in [-0.39, 0.29) is 45.0 Å². The lowest BCUT2D eigenvalue weighted by Crippen LogP contribution is -2.82. The smallest absolute Gasteiger partial charge is 0.350 e. The second kappa shape index (κ2) is 28.6. The number of rotatable bonds is 24. The number of carboxylic acid groups (broad SMARTS) is 1. The molecule has 2 bridgehead atoms. The number of esters is 6. The van der Waals surface area contributed by atoms with Crippen LogP contribution in [0.4, 0.5) is 0 Å². The predicted octanol–water partition coefficient (Wildman–Crippen LogP) is 6.46.